The molecule has 0 amide bonds. The fourth-order valence-electron chi connectivity index (χ4n) is 2.07. The van der Waals surface area contributed by atoms with Crippen LogP contribution in [0, 0.1) is 5.92 Å². The molecule has 1 saturated carbocycles. The van der Waals surface area contributed by atoms with Gasteiger partial charge in [0.2, 0.25) is 0 Å². The van der Waals surface area contributed by atoms with Gasteiger partial charge in [0.1, 0.15) is 0 Å². The Morgan fingerprint density at radius 1 is 1.75 bits per heavy atom. The molecular formula is C9H19NO2. The van der Waals surface area contributed by atoms with Crippen molar-refractivity contribution in [3.05, 3.63) is 0 Å². The molecule has 1 fully saturated rings. The fourth-order valence-corrected chi connectivity index (χ4v) is 2.07. The summed E-state index contributed by atoms with van der Waals surface area (Å²) in [7, 11) is 1.65. The van der Waals surface area contributed by atoms with Crippen molar-refractivity contribution in [1.29, 1.82) is 0 Å². The first-order valence-electron chi connectivity index (χ1n) is 4.64. The maximum atomic E-state index is 10.1. The van der Waals surface area contributed by atoms with E-state index < -0.39 is 5.60 Å². The van der Waals surface area contributed by atoms with Gasteiger partial charge in [-0.25, -0.2) is 0 Å². The lowest BCUT2D eigenvalue weighted by Gasteiger charge is -2.48. The van der Waals surface area contributed by atoms with Gasteiger partial charge >= 0.3 is 0 Å². The summed E-state index contributed by atoms with van der Waals surface area (Å²) in [6, 6.07) is 0. The second-order valence-corrected chi connectivity index (χ2v) is 3.60. The summed E-state index contributed by atoms with van der Waals surface area (Å²) in [5, 5.41) is 10.1. The van der Waals surface area contributed by atoms with Gasteiger partial charge in [0.15, 0.2) is 0 Å². The van der Waals surface area contributed by atoms with Crippen LogP contribution >= 0.6 is 0 Å². The van der Waals surface area contributed by atoms with Crippen LogP contribution in [0.4, 0.5) is 0 Å². The first-order chi connectivity index (χ1) is 5.69. The lowest BCUT2D eigenvalue weighted by Crippen LogP contribution is -2.59. The van der Waals surface area contributed by atoms with Crippen molar-refractivity contribution in [2.24, 2.45) is 11.7 Å². The summed E-state index contributed by atoms with van der Waals surface area (Å²) >= 11 is 0. The topological polar surface area (TPSA) is 55.5 Å². The number of hydrogen-bond donors (Lipinski definition) is 2. The standard InChI is InChI=1S/C9H19NO2/c1-3-7(6-10)9(11)5-4-8(9)12-2/h7-8,11H,3-6,10H2,1-2H3. The highest BCUT2D eigenvalue weighted by atomic mass is 16.5. The quantitative estimate of drug-likeness (QED) is 0.651. The molecule has 12 heavy (non-hydrogen) atoms. The molecule has 3 N–H and O–H groups in total. The van der Waals surface area contributed by atoms with Crippen LogP contribution < -0.4 is 5.73 Å². The third-order valence-electron chi connectivity index (χ3n) is 3.13. The van der Waals surface area contributed by atoms with E-state index in [-0.39, 0.29) is 12.0 Å². The van der Waals surface area contributed by atoms with Crippen molar-refractivity contribution >= 4 is 0 Å². The van der Waals surface area contributed by atoms with Crippen molar-refractivity contribution in [2.75, 3.05) is 13.7 Å². The third-order valence-corrected chi connectivity index (χ3v) is 3.13. The summed E-state index contributed by atoms with van der Waals surface area (Å²) in [4.78, 5) is 0. The van der Waals surface area contributed by atoms with Gasteiger partial charge in [0.05, 0.1) is 11.7 Å². The fraction of sp³-hybridized carbons (Fsp3) is 1.00. The molecule has 0 bridgehead atoms. The van der Waals surface area contributed by atoms with E-state index in [4.69, 9.17) is 10.5 Å². The molecule has 0 saturated heterocycles. The van der Waals surface area contributed by atoms with Crippen LogP contribution in [0.3, 0.4) is 0 Å². The van der Waals surface area contributed by atoms with Gasteiger partial charge in [-0.2, -0.15) is 0 Å². The Hall–Kier alpha value is -0.120. The van der Waals surface area contributed by atoms with Crippen LogP contribution in [0.15, 0.2) is 0 Å². The smallest absolute Gasteiger partial charge is 0.0948 e. The predicted molar refractivity (Wildman–Crippen MR) is 47.8 cm³/mol. The molecule has 0 spiro atoms. The van der Waals surface area contributed by atoms with E-state index in [9.17, 15) is 5.11 Å². The Balaban J connectivity index is 2.57. The summed E-state index contributed by atoms with van der Waals surface area (Å²) in [5.74, 6) is 0.191. The Bertz CT molecular complexity index is 145. The molecule has 0 radical (unpaired) electrons. The highest BCUT2D eigenvalue weighted by Crippen LogP contribution is 2.41. The molecule has 0 aromatic rings. The second-order valence-electron chi connectivity index (χ2n) is 3.60. The van der Waals surface area contributed by atoms with Gasteiger partial charge in [0, 0.05) is 13.0 Å². The molecule has 3 unspecified atom stereocenters. The molecule has 3 atom stereocenters. The molecule has 1 aliphatic carbocycles. The van der Waals surface area contributed by atoms with E-state index in [0.29, 0.717) is 6.54 Å². The first-order valence-corrected chi connectivity index (χ1v) is 4.64. The van der Waals surface area contributed by atoms with Gasteiger partial charge in [-0.1, -0.05) is 6.92 Å². The number of hydrogen-bond acceptors (Lipinski definition) is 3. The van der Waals surface area contributed by atoms with Crippen LogP contribution in [0.1, 0.15) is 26.2 Å². The predicted octanol–water partition coefficient (Wildman–Crippen LogP) is 0.511. The van der Waals surface area contributed by atoms with Crippen LogP contribution in [0.5, 0.6) is 0 Å². The normalized spacial score (nSPS) is 37.5. The number of methoxy groups -OCH3 is 1. The maximum absolute atomic E-state index is 10.1. The highest BCUT2D eigenvalue weighted by Gasteiger charge is 2.49. The molecule has 1 rings (SSSR count). The van der Waals surface area contributed by atoms with Crippen molar-refractivity contribution in [3.63, 3.8) is 0 Å². The number of rotatable bonds is 4. The monoisotopic (exact) mass is 173 g/mol. The zero-order chi connectivity index (χ0) is 9.19. The van der Waals surface area contributed by atoms with Crippen molar-refractivity contribution in [3.8, 4) is 0 Å². The average molecular weight is 173 g/mol. The lowest BCUT2D eigenvalue weighted by atomic mass is 9.67. The highest BCUT2D eigenvalue weighted by molar-refractivity contribution is 5.02. The Labute approximate surface area is 73.9 Å². The zero-order valence-electron chi connectivity index (χ0n) is 7.92. The van der Waals surface area contributed by atoms with Gasteiger partial charge in [-0.05, 0) is 25.8 Å². The van der Waals surface area contributed by atoms with E-state index in [1.165, 1.54) is 0 Å². The minimum absolute atomic E-state index is 0.00556. The van der Waals surface area contributed by atoms with Crippen LogP contribution in [-0.2, 0) is 4.74 Å². The van der Waals surface area contributed by atoms with E-state index in [1.54, 1.807) is 7.11 Å². The second kappa shape index (κ2) is 3.73. The van der Waals surface area contributed by atoms with Gasteiger partial charge in [-0.15, -0.1) is 0 Å². The molecule has 0 heterocycles. The minimum atomic E-state index is -0.641. The largest absolute Gasteiger partial charge is 0.387 e. The van der Waals surface area contributed by atoms with E-state index in [2.05, 4.69) is 6.92 Å². The zero-order valence-corrected chi connectivity index (χ0v) is 7.92. The molecule has 3 nitrogen and oxygen atoms in total. The molecule has 3 heteroatoms. The Morgan fingerprint density at radius 3 is 2.67 bits per heavy atom. The molecule has 1 aliphatic rings. The van der Waals surface area contributed by atoms with Crippen molar-refractivity contribution < 1.29 is 9.84 Å². The summed E-state index contributed by atoms with van der Waals surface area (Å²) < 4.78 is 5.18. The molecule has 72 valence electrons. The van der Waals surface area contributed by atoms with Crippen LogP contribution in [0.25, 0.3) is 0 Å². The van der Waals surface area contributed by atoms with E-state index >= 15 is 0 Å². The average Bonchev–Trinajstić information content (AvgIpc) is 2.05. The Morgan fingerprint density at radius 2 is 2.42 bits per heavy atom. The number of aliphatic hydroxyl groups is 1. The Kier molecular flexibility index (Phi) is 3.09. The van der Waals surface area contributed by atoms with Gasteiger partial charge in [0.25, 0.3) is 0 Å². The molecule has 0 aromatic heterocycles. The van der Waals surface area contributed by atoms with E-state index in [0.717, 1.165) is 19.3 Å². The van der Waals surface area contributed by atoms with Crippen LogP contribution in [0.2, 0.25) is 0 Å². The summed E-state index contributed by atoms with van der Waals surface area (Å²) in [6.45, 7) is 2.60. The lowest BCUT2D eigenvalue weighted by molar-refractivity contribution is -0.189. The molecular weight excluding hydrogens is 154 g/mol. The summed E-state index contributed by atoms with van der Waals surface area (Å²) in [5.41, 5.74) is 4.94. The third kappa shape index (κ3) is 1.37. The van der Waals surface area contributed by atoms with Gasteiger partial charge in [-0.3, -0.25) is 0 Å². The number of ether oxygens (including phenoxy) is 1. The minimum Gasteiger partial charge on any atom is -0.387 e. The summed E-state index contributed by atoms with van der Waals surface area (Å²) in [6.07, 6.45) is 2.73. The van der Waals surface area contributed by atoms with Crippen LogP contribution in [-0.4, -0.2) is 30.5 Å². The molecule has 0 aliphatic heterocycles. The maximum Gasteiger partial charge on any atom is 0.0948 e. The SMILES string of the molecule is CCC(CN)C1(O)CCC1OC. The van der Waals surface area contributed by atoms with Crippen molar-refractivity contribution in [1.82, 2.24) is 0 Å². The van der Waals surface area contributed by atoms with E-state index in [1.807, 2.05) is 0 Å². The van der Waals surface area contributed by atoms with Crippen molar-refractivity contribution in [2.45, 2.75) is 37.9 Å². The molecule has 0 aromatic carbocycles. The first kappa shape index (κ1) is 9.96. The van der Waals surface area contributed by atoms with Gasteiger partial charge < -0.3 is 15.6 Å². The number of nitrogens with two attached hydrogens (primary N) is 1.